The van der Waals surface area contributed by atoms with Crippen LogP contribution in [0.25, 0.3) is 0 Å². The molecule has 1 N–H and O–H groups in total. The molecule has 24 heavy (non-hydrogen) atoms. The molecule has 2 aromatic rings. The van der Waals surface area contributed by atoms with E-state index in [2.05, 4.69) is 15.3 Å². The molecule has 1 aromatic heterocycles. The molecule has 7 nitrogen and oxygen atoms in total. The van der Waals surface area contributed by atoms with Gasteiger partial charge in [-0.2, -0.15) is 0 Å². The fourth-order valence-electron chi connectivity index (χ4n) is 2.22. The van der Waals surface area contributed by atoms with Gasteiger partial charge in [0.1, 0.15) is 23.4 Å². The Hall–Kier alpha value is -3.03. The zero-order valence-corrected chi connectivity index (χ0v) is 13.3. The molecule has 3 amide bonds. The van der Waals surface area contributed by atoms with E-state index < -0.39 is 23.3 Å². The van der Waals surface area contributed by atoms with E-state index in [9.17, 15) is 14.0 Å². The highest BCUT2D eigenvalue weighted by atomic mass is 19.1. The van der Waals surface area contributed by atoms with E-state index in [0.717, 1.165) is 4.90 Å². The lowest BCUT2D eigenvalue weighted by atomic mass is 10.1. The van der Waals surface area contributed by atoms with E-state index in [4.69, 9.17) is 4.74 Å². The van der Waals surface area contributed by atoms with Crippen molar-refractivity contribution in [3.8, 4) is 11.6 Å². The van der Waals surface area contributed by atoms with Crippen molar-refractivity contribution in [2.24, 2.45) is 0 Å². The normalized spacial score (nSPS) is 16.2. The second-order valence-electron chi connectivity index (χ2n) is 5.92. The summed E-state index contributed by atoms with van der Waals surface area (Å²) < 4.78 is 19.1. The predicted octanol–water partition coefficient (Wildman–Crippen LogP) is 2.55. The van der Waals surface area contributed by atoms with Crippen LogP contribution in [0.5, 0.6) is 11.6 Å². The molecule has 1 aliphatic rings. The number of rotatable bonds is 3. The SMILES string of the molecule is Cc1ccc(Oc2cc(N3C(=O)NC(C)(C)C3=O)ncn2)cc1F. The van der Waals surface area contributed by atoms with Crippen LogP contribution in [0.1, 0.15) is 19.4 Å². The van der Waals surface area contributed by atoms with E-state index in [1.54, 1.807) is 32.9 Å². The first-order chi connectivity index (χ1) is 11.3. The van der Waals surface area contributed by atoms with Gasteiger partial charge in [-0.3, -0.25) is 4.79 Å². The standard InChI is InChI=1S/C16H15FN4O3/c1-9-4-5-10(6-11(9)17)24-13-7-12(18-8-19-13)21-14(22)16(2,3)20-15(21)23/h4-8H,1-3H3,(H,20,23). The van der Waals surface area contributed by atoms with Crippen LogP contribution in [0.15, 0.2) is 30.6 Å². The Morgan fingerprint density at radius 2 is 1.96 bits per heavy atom. The lowest BCUT2D eigenvalue weighted by Gasteiger charge is -2.15. The molecular weight excluding hydrogens is 315 g/mol. The number of aromatic nitrogens is 2. The summed E-state index contributed by atoms with van der Waals surface area (Å²) >= 11 is 0. The summed E-state index contributed by atoms with van der Waals surface area (Å²) in [6.07, 6.45) is 1.17. The molecule has 0 radical (unpaired) electrons. The van der Waals surface area contributed by atoms with Gasteiger partial charge in [-0.25, -0.2) is 24.1 Å². The van der Waals surface area contributed by atoms with Gasteiger partial charge in [0.15, 0.2) is 5.82 Å². The first kappa shape index (κ1) is 15.9. The Kier molecular flexibility index (Phi) is 3.67. The van der Waals surface area contributed by atoms with Crippen LogP contribution in [-0.2, 0) is 4.79 Å². The maximum atomic E-state index is 13.6. The Balaban J connectivity index is 1.88. The molecule has 0 bridgehead atoms. The van der Waals surface area contributed by atoms with Crippen LogP contribution in [0.2, 0.25) is 0 Å². The molecule has 0 saturated carbocycles. The van der Waals surface area contributed by atoms with Gasteiger partial charge in [0.05, 0.1) is 0 Å². The van der Waals surface area contributed by atoms with Gasteiger partial charge in [0, 0.05) is 12.1 Å². The molecular formula is C16H15FN4O3. The smallest absolute Gasteiger partial charge is 0.330 e. The number of imide groups is 1. The maximum absolute atomic E-state index is 13.6. The fourth-order valence-corrected chi connectivity index (χ4v) is 2.22. The number of ether oxygens (including phenoxy) is 1. The third kappa shape index (κ3) is 2.78. The first-order valence-corrected chi connectivity index (χ1v) is 7.21. The summed E-state index contributed by atoms with van der Waals surface area (Å²) in [4.78, 5) is 33.1. The number of benzene rings is 1. The number of hydrogen-bond acceptors (Lipinski definition) is 5. The third-order valence-electron chi connectivity index (χ3n) is 3.58. The molecule has 2 heterocycles. The second-order valence-corrected chi connectivity index (χ2v) is 5.92. The van der Waals surface area contributed by atoms with E-state index in [0.29, 0.717) is 5.56 Å². The molecule has 0 atom stereocenters. The number of urea groups is 1. The average Bonchev–Trinajstić information content (AvgIpc) is 2.71. The number of amides is 3. The summed E-state index contributed by atoms with van der Waals surface area (Å²) in [6, 6.07) is 5.17. The van der Waals surface area contributed by atoms with Crippen molar-refractivity contribution < 1.29 is 18.7 Å². The number of carbonyl (C=O) groups excluding carboxylic acids is 2. The van der Waals surface area contributed by atoms with E-state index in [-0.39, 0.29) is 17.4 Å². The van der Waals surface area contributed by atoms with Gasteiger partial charge in [-0.15, -0.1) is 0 Å². The number of carbonyl (C=O) groups is 2. The van der Waals surface area contributed by atoms with Gasteiger partial charge in [0.25, 0.3) is 5.91 Å². The molecule has 0 spiro atoms. The number of anilines is 1. The summed E-state index contributed by atoms with van der Waals surface area (Å²) in [5.41, 5.74) is -0.518. The molecule has 8 heteroatoms. The van der Waals surface area contributed by atoms with Gasteiger partial charge >= 0.3 is 6.03 Å². The Morgan fingerprint density at radius 1 is 1.21 bits per heavy atom. The Morgan fingerprint density at radius 3 is 2.58 bits per heavy atom. The zero-order valence-electron chi connectivity index (χ0n) is 13.3. The number of aryl methyl sites for hydroxylation is 1. The van der Waals surface area contributed by atoms with Crippen LogP contribution in [-0.4, -0.2) is 27.4 Å². The monoisotopic (exact) mass is 330 g/mol. The maximum Gasteiger partial charge on any atom is 0.330 e. The summed E-state index contributed by atoms with van der Waals surface area (Å²) in [5.74, 6) is -0.411. The topological polar surface area (TPSA) is 84.4 Å². The van der Waals surface area contributed by atoms with Crippen LogP contribution in [0.3, 0.4) is 0 Å². The van der Waals surface area contributed by atoms with Crippen molar-refractivity contribution in [1.82, 2.24) is 15.3 Å². The fraction of sp³-hybridized carbons (Fsp3) is 0.250. The van der Waals surface area contributed by atoms with Gasteiger partial charge < -0.3 is 10.1 Å². The van der Waals surface area contributed by atoms with E-state index in [1.807, 2.05) is 0 Å². The number of halogens is 1. The molecule has 1 saturated heterocycles. The molecule has 1 aromatic carbocycles. The van der Waals surface area contributed by atoms with Crippen molar-refractivity contribution in [1.29, 1.82) is 0 Å². The lowest BCUT2D eigenvalue weighted by molar-refractivity contribution is -0.121. The van der Waals surface area contributed by atoms with Gasteiger partial charge in [-0.05, 0) is 32.4 Å². The highest BCUT2D eigenvalue weighted by Crippen LogP contribution is 2.27. The largest absolute Gasteiger partial charge is 0.439 e. The Bertz CT molecular complexity index is 838. The van der Waals surface area contributed by atoms with Crippen molar-refractivity contribution in [3.63, 3.8) is 0 Å². The highest BCUT2D eigenvalue weighted by molar-refractivity contribution is 6.22. The molecule has 1 aliphatic heterocycles. The predicted molar refractivity (Wildman–Crippen MR) is 83.3 cm³/mol. The Labute approximate surface area is 137 Å². The molecule has 0 unspecified atom stereocenters. The third-order valence-corrected chi connectivity index (χ3v) is 3.58. The van der Waals surface area contributed by atoms with Crippen molar-refractivity contribution in [3.05, 3.63) is 42.0 Å². The minimum absolute atomic E-state index is 0.0839. The summed E-state index contributed by atoms with van der Waals surface area (Å²) in [6.45, 7) is 4.84. The molecule has 124 valence electrons. The number of nitrogens with zero attached hydrogens (tertiary/aromatic N) is 3. The minimum atomic E-state index is -1.01. The van der Waals surface area contributed by atoms with Gasteiger partial charge in [-0.1, -0.05) is 6.07 Å². The van der Waals surface area contributed by atoms with Crippen LogP contribution in [0.4, 0.5) is 15.0 Å². The quantitative estimate of drug-likeness (QED) is 0.874. The van der Waals surface area contributed by atoms with Crippen LogP contribution < -0.4 is 15.0 Å². The summed E-state index contributed by atoms with van der Waals surface area (Å²) in [5, 5.41) is 2.56. The van der Waals surface area contributed by atoms with Gasteiger partial charge in [0.2, 0.25) is 5.88 Å². The minimum Gasteiger partial charge on any atom is -0.439 e. The lowest BCUT2D eigenvalue weighted by Crippen LogP contribution is -2.40. The van der Waals surface area contributed by atoms with E-state index >= 15 is 0 Å². The average molecular weight is 330 g/mol. The molecule has 3 rings (SSSR count). The first-order valence-electron chi connectivity index (χ1n) is 7.21. The van der Waals surface area contributed by atoms with Crippen molar-refractivity contribution in [2.45, 2.75) is 26.3 Å². The summed E-state index contributed by atoms with van der Waals surface area (Å²) in [7, 11) is 0. The van der Waals surface area contributed by atoms with Crippen LogP contribution in [0, 0.1) is 12.7 Å². The highest BCUT2D eigenvalue weighted by Gasteiger charge is 2.45. The number of hydrogen-bond donors (Lipinski definition) is 1. The molecule has 1 fully saturated rings. The zero-order chi connectivity index (χ0) is 17.5. The molecule has 0 aliphatic carbocycles. The second kappa shape index (κ2) is 5.55. The van der Waals surface area contributed by atoms with Crippen LogP contribution >= 0.6 is 0 Å². The van der Waals surface area contributed by atoms with Crippen molar-refractivity contribution in [2.75, 3.05) is 4.90 Å². The van der Waals surface area contributed by atoms with Crippen molar-refractivity contribution >= 4 is 17.8 Å². The van der Waals surface area contributed by atoms with E-state index in [1.165, 1.54) is 18.5 Å². The number of nitrogens with one attached hydrogen (secondary N) is 1.